The number of aromatic nitrogens is 6. The van der Waals surface area contributed by atoms with Gasteiger partial charge in [-0.05, 0) is 39.3 Å². The molecule has 5 heterocycles. The molecule has 1 saturated heterocycles. The number of aliphatic hydroxyl groups excluding tert-OH is 1. The molecule has 0 spiro atoms. The average Bonchev–Trinajstić information content (AvgIpc) is 3.41. The molecule has 0 amide bonds. The molecule has 180 valence electrons. The molecule has 1 fully saturated rings. The van der Waals surface area contributed by atoms with E-state index in [4.69, 9.17) is 19.8 Å². The number of nitrogens with one attached hydrogen (secondary N) is 1. The average molecular weight is 464 g/mol. The molecule has 0 aliphatic carbocycles. The zero-order valence-corrected chi connectivity index (χ0v) is 19.2. The van der Waals surface area contributed by atoms with Crippen molar-refractivity contribution in [2.24, 2.45) is 0 Å². The van der Waals surface area contributed by atoms with Crippen LogP contribution in [-0.4, -0.2) is 67.2 Å². The minimum Gasteiger partial charge on any atom is -0.396 e. The third-order valence-electron chi connectivity index (χ3n) is 6.24. The molecule has 5 rings (SSSR count). The van der Waals surface area contributed by atoms with Crippen LogP contribution in [0.5, 0.6) is 0 Å². The number of aliphatic hydroxyl groups is 1. The van der Waals surface area contributed by atoms with Crippen molar-refractivity contribution in [2.45, 2.75) is 47.2 Å². The molecular formula is C25H33N7O2. The number of morpholine rings is 1. The summed E-state index contributed by atoms with van der Waals surface area (Å²) in [5.41, 5.74) is 5.56. The van der Waals surface area contributed by atoms with Gasteiger partial charge in [0.25, 0.3) is 0 Å². The Morgan fingerprint density at radius 1 is 1.24 bits per heavy atom. The van der Waals surface area contributed by atoms with Crippen molar-refractivity contribution in [3.63, 3.8) is 0 Å². The largest absolute Gasteiger partial charge is 0.396 e. The fourth-order valence-corrected chi connectivity index (χ4v) is 4.56. The summed E-state index contributed by atoms with van der Waals surface area (Å²) in [6.07, 6.45) is 4.33. The smallest absolute Gasteiger partial charge is 0.162 e. The van der Waals surface area contributed by atoms with Gasteiger partial charge in [-0.2, -0.15) is 5.10 Å². The summed E-state index contributed by atoms with van der Waals surface area (Å²) in [7, 11) is 0. The van der Waals surface area contributed by atoms with Gasteiger partial charge in [0.15, 0.2) is 5.82 Å². The molecule has 34 heavy (non-hydrogen) atoms. The highest BCUT2D eigenvalue weighted by molar-refractivity contribution is 5.91. The van der Waals surface area contributed by atoms with Crippen LogP contribution in [0.1, 0.15) is 32.2 Å². The number of pyridine rings is 1. The molecule has 0 aromatic carbocycles. The summed E-state index contributed by atoms with van der Waals surface area (Å²) in [6, 6.07) is 6.25. The lowest BCUT2D eigenvalue weighted by Crippen LogP contribution is -2.44. The summed E-state index contributed by atoms with van der Waals surface area (Å²) in [6.45, 7) is 9.15. The number of hydrogen-bond acceptors (Lipinski definition) is 7. The number of rotatable bonds is 6. The van der Waals surface area contributed by atoms with Crippen LogP contribution in [-0.2, 0) is 11.3 Å². The normalized spacial score (nSPS) is 16.1. The molecule has 2 N–H and O–H groups in total. The van der Waals surface area contributed by atoms with Gasteiger partial charge in [-0.1, -0.05) is 7.43 Å². The Hall–Kier alpha value is -3.30. The van der Waals surface area contributed by atoms with Gasteiger partial charge in [0.1, 0.15) is 11.5 Å². The summed E-state index contributed by atoms with van der Waals surface area (Å²) in [5, 5.41) is 15.0. The van der Waals surface area contributed by atoms with Crippen LogP contribution in [0.25, 0.3) is 33.7 Å². The van der Waals surface area contributed by atoms with E-state index in [0.29, 0.717) is 32.0 Å². The molecule has 4 aromatic rings. The number of nitrogens with zero attached hydrogens (tertiary/aromatic N) is 6. The van der Waals surface area contributed by atoms with Crippen LogP contribution in [0, 0.1) is 13.8 Å². The lowest BCUT2D eigenvalue weighted by molar-refractivity contribution is 0.0985. The van der Waals surface area contributed by atoms with Crippen LogP contribution in [0.4, 0.5) is 5.82 Å². The number of ether oxygens (including phenoxy) is 1. The van der Waals surface area contributed by atoms with Gasteiger partial charge in [-0.3, -0.25) is 4.68 Å². The van der Waals surface area contributed by atoms with Gasteiger partial charge in [0.05, 0.1) is 30.6 Å². The molecule has 0 saturated carbocycles. The van der Waals surface area contributed by atoms with Crippen molar-refractivity contribution in [3.05, 3.63) is 42.0 Å². The Kier molecular flexibility index (Phi) is 6.95. The second-order valence-corrected chi connectivity index (χ2v) is 8.50. The van der Waals surface area contributed by atoms with Crippen LogP contribution in [0.2, 0.25) is 0 Å². The first-order valence-corrected chi connectivity index (χ1v) is 11.4. The van der Waals surface area contributed by atoms with Crippen molar-refractivity contribution in [3.8, 4) is 22.6 Å². The predicted octanol–water partition coefficient (Wildman–Crippen LogP) is 3.74. The van der Waals surface area contributed by atoms with Crippen molar-refractivity contribution in [1.29, 1.82) is 0 Å². The minimum absolute atomic E-state index is 0. The Labute approximate surface area is 199 Å². The number of anilines is 1. The van der Waals surface area contributed by atoms with E-state index in [1.54, 1.807) is 6.20 Å². The molecule has 0 unspecified atom stereocenters. The van der Waals surface area contributed by atoms with Crippen molar-refractivity contribution in [2.75, 3.05) is 31.3 Å². The van der Waals surface area contributed by atoms with Crippen LogP contribution >= 0.6 is 0 Å². The molecule has 4 aromatic heterocycles. The highest BCUT2D eigenvalue weighted by Gasteiger charge is 2.24. The van der Waals surface area contributed by atoms with Gasteiger partial charge in [0.2, 0.25) is 0 Å². The number of aryl methyl sites for hydroxylation is 2. The Morgan fingerprint density at radius 2 is 2.09 bits per heavy atom. The molecule has 1 atom stereocenters. The van der Waals surface area contributed by atoms with Crippen LogP contribution in [0.3, 0.4) is 0 Å². The second kappa shape index (κ2) is 9.90. The number of fused-ring (bicyclic) bond motifs is 1. The first kappa shape index (κ1) is 23.8. The molecule has 1 aliphatic heterocycles. The van der Waals surface area contributed by atoms with E-state index in [1.165, 1.54) is 0 Å². The first-order chi connectivity index (χ1) is 16.1. The first-order valence-electron chi connectivity index (χ1n) is 11.4. The summed E-state index contributed by atoms with van der Waals surface area (Å²) < 4.78 is 7.61. The van der Waals surface area contributed by atoms with E-state index >= 15 is 0 Å². The molecule has 1 aliphatic rings. The number of H-pyrrole nitrogens is 1. The highest BCUT2D eigenvalue weighted by atomic mass is 16.5. The van der Waals surface area contributed by atoms with Gasteiger partial charge in [-0.15, -0.1) is 0 Å². The van der Waals surface area contributed by atoms with E-state index < -0.39 is 0 Å². The molecule has 0 bridgehead atoms. The van der Waals surface area contributed by atoms with Crippen molar-refractivity contribution in [1.82, 2.24) is 29.7 Å². The molecule has 9 nitrogen and oxygen atoms in total. The highest BCUT2D eigenvalue weighted by Crippen LogP contribution is 2.33. The number of aromatic amines is 1. The maximum Gasteiger partial charge on any atom is 0.162 e. The Morgan fingerprint density at radius 3 is 2.88 bits per heavy atom. The fraction of sp³-hybridized carbons (Fsp3) is 0.440. The van der Waals surface area contributed by atoms with Gasteiger partial charge >= 0.3 is 0 Å². The summed E-state index contributed by atoms with van der Waals surface area (Å²) >= 11 is 0. The SMILES string of the molecule is C.Cc1nn(CCCO)c(C)c1-c1cc(N2CCOC[C@H]2C)nc(-c2ccnc3[nH]ccc23)n1. The third kappa shape index (κ3) is 4.28. The van der Waals surface area contributed by atoms with Gasteiger partial charge < -0.3 is 19.7 Å². The molecule has 0 radical (unpaired) electrons. The van der Waals surface area contributed by atoms with E-state index in [-0.39, 0.29) is 20.1 Å². The molecule has 9 heteroatoms. The standard InChI is InChI=1S/C24H29N7O2.CH4/c1-15-14-33-12-10-30(15)21-13-20(22-16(2)29-31(17(22)3)9-4-11-32)27-24(28-21)19-6-8-26-23-18(19)5-7-25-23;/h5-8,13,15,32H,4,9-12,14H2,1-3H3,(H,25,26);1H4/t15-;/m1./s1. The zero-order chi connectivity index (χ0) is 22.9. The van der Waals surface area contributed by atoms with E-state index in [2.05, 4.69) is 34.8 Å². The molecular weight excluding hydrogens is 430 g/mol. The quantitative estimate of drug-likeness (QED) is 0.449. The lowest BCUT2D eigenvalue weighted by atomic mass is 10.1. The van der Waals surface area contributed by atoms with Gasteiger partial charge in [-0.25, -0.2) is 15.0 Å². The summed E-state index contributed by atoms with van der Waals surface area (Å²) in [5.74, 6) is 1.54. The minimum atomic E-state index is 0. The maximum atomic E-state index is 9.26. The zero-order valence-electron chi connectivity index (χ0n) is 19.2. The predicted molar refractivity (Wildman–Crippen MR) is 134 cm³/mol. The Balaban J connectivity index is 0.00000274. The number of hydrogen-bond donors (Lipinski definition) is 2. The monoisotopic (exact) mass is 463 g/mol. The second-order valence-electron chi connectivity index (χ2n) is 8.50. The van der Waals surface area contributed by atoms with Crippen LogP contribution in [0.15, 0.2) is 30.6 Å². The third-order valence-corrected chi connectivity index (χ3v) is 6.24. The topological polar surface area (TPSA) is 105 Å². The van der Waals surface area contributed by atoms with Crippen LogP contribution < -0.4 is 4.90 Å². The van der Waals surface area contributed by atoms with Crippen molar-refractivity contribution >= 4 is 16.9 Å². The maximum absolute atomic E-state index is 9.26. The summed E-state index contributed by atoms with van der Waals surface area (Å²) in [4.78, 5) is 19.9. The Bertz CT molecular complexity index is 1280. The lowest BCUT2D eigenvalue weighted by Gasteiger charge is -2.34. The van der Waals surface area contributed by atoms with E-state index in [9.17, 15) is 5.11 Å². The van der Waals surface area contributed by atoms with E-state index in [0.717, 1.165) is 51.6 Å². The van der Waals surface area contributed by atoms with E-state index in [1.807, 2.05) is 29.9 Å². The van der Waals surface area contributed by atoms with Crippen molar-refractivity contribution < 1.29 is 9.84 Å². The van der Waals surface area contributed by atoms with Gasteiger partial charge in [0, 0.05) is 60.4 Å². The fourth-order valence-electron chi connectivity index (χ4n) is 4.56.